The van der Waals surface area contributed by atoms with Crippen LogP contribution >= 0.6 is 23.4 Å². The SMILES string of the molecule is Cn1c(CNC(=O)c2cccc(Cl)c2)nnc1SCC(=O)Nc1ccc2ccccc2c1. The van der Waals surface area contributed by atoms with E-state index in [0.717, 1.165) is 16.5 Å². The average Bonchev–Trinajstić information content (AvgIpc) is 3.15. The quantitative estimate of drug-likeness (QED) is 0.397. The lowest BCUT2D eigenvalue weighted by Gasteiger charge is -2.07. The van der Waals surface area contributed by atoms with Crippen LogP contribution in [0.25, 0.3) is 10.8 Å². The van der Waals surface area contributed by atoms with Crippen LogP contribution in [-0.2, 0) is 18.4 Å². The number of thioether (sulfide) groups is 1. The third-order valence-electron chi connectivity index (χ3n) is 4.78. The number of rotatable bonds is 7. The number of carbonyl (C=O) groups excluding carboxylic acids is 2. The van der Waals surface area contributed by atoms with E-state index < -0.39 is 0 Å². The largest absolute Gasteiger partial charge is 0.345 e. The van der Waals surface area contributed by atoms with Crippen molar-refractivity contribution in [2.45, 2.75) is 11.7 Å². The molecule has 2 N–H and O–H groups in total. The molecule has 0 aliphatic rings. The van der Waals surface area contributed by atoms with E-state index in [4.69, 9.17) is 11.6 Å². The number of halogens is 1. The summed E-state index contributed by atoms with van der Waals surface area (Å²) in [5.74, 6) is 0.384. The van der Waals surface area contributed by atoms with Crippen LogP contribution in [0.1, 0.15) is 16.2 Å². The van der Waals surface area contributed by atoms with Gasteiger partial charge in [0.25, 0.3) is 5.91 Å². The Morgan fingerprint density at radius 2 is 1.81 bits per heavy atom. The highest BCUT2D eigenvalue weighted by Crippen LogP contribution is 2.20. The molecule has 0 fully saturated rings. The highest BCUT2D eigenvalue weighted by atomic mass is 35.5. The minimum Gasteiger partial charge on any atom is -0.345 e. The summed E-state index contributed by atoms with van der Waals surface area (Å²) in [6.07, 6.45) is 0. The summed E-state index contributed by atoms with van der Waals surface area (Å²) in [4.78, 5) is 24.7. The Labute approximate surface area is 194 Å². The Bertz CT molecular complexity index is 1290. The molecule has 3 aromatic carbocycles. The average molecular weight is 466 g/mol. The second kappa shape index (κ2) is 9.84. The van der Waals surface area contributed by atoms with Crippen molar-refractivity contribution in [1.29, 1.82) is 0 Å². The summed E-state index contributed by atoms with van der Waals surface area (Å²) in [6.45, 7) is 0.207. The standard InChI is InChI=1S/C23H20ClN5O2S/c1-29-20(13-25-22(31)17-7-4-8-18(24)11-17)27-28-23(29)32-14-21(30)26-19-10-9-15-5-2-3-6-16(15)12-19/h2-12H,13-14H2,1H3,(H,25,31)(H,26,30). The Balaban J connectivity index is 1.31. The van der Waals surface area contributed by atoms with E-state index in [2.05, 4.69) is 20.8 Å². The lowest BCUT2D eigenvalue weighted by Crippen LogP contribution is -2.24. The first kappa shape index (κ1) is 21.9. The summed E-state index contributed by atoms with van der Waals surface area (Å²) in [5.41, 5.74) is 1.22. The Hall–Kier alpha value is -3.36. The fourth-order valence-corrected chi connectivity index (χ4v) is 4.03. The van der Waals surface area contributed by atoms with Gasteiger partial charge in [0, 0.05) is 23.3 Å². The number of fused-ring (bicyclic) bond motifs is 1. The van der Waals surface area contributed by atoms with Gasteiger partial charge in [-0.15, -0.1) is 10.2 Å². The van der Waals surface area contributed by atoms with Gasteiger partial charge in [-0.1, -0.05) is 59.8 Å². The minimum atomic E-state index is -0.250. The maximum atomic E-state index is 12.4. The molecule has 0 spiro atoms. The highest BCUT2D eigenvalue weighted by Gasteiger charge is 2.13. The summed E-state index contributed by atoms with van der Waals surface area (Å²) in [6, 6.07) is 20.5. The number of carbonyl (C=O) groups is 2. The molecule has 7 nitrogen and oxygen atoms in total. The van der Waals surface area contributed by atoms with Crippen LogP contribution in [0.2, 0.25) is 5.02 Å². The zero-order chi connectivity index (χ0) is 22.5. The molecule has 0 aliphatic carbocycles. The van der Waals surface area contributed by atoms with Gasteiger partial charge in [-0.05, 0) is 41.1 Å². The number of amides is 2. The minimum absolute atomic E-state index is 0.135. The summed E-state index contributed by atoms with van der Waals surface area (Å²) in [7, 11) is 1.80. The zero-order valence-corrected chi connectivity index (χ0v) is 18.8. The van der Waals surface area contributed by atoms with Crippen LogP contribution in [0.15, 0.2) is 71.9 Å². The molecule has 2 amide bonds. The van der Waals surface area contributed by atoms with Crippen LogP contribution in [0.4, 0.5) is 5.69 Å². The van der Waals surface area contributed by atoms with E-state index >= 15 is 0 Å². The number of hydrogen-bond acceptors (Lipinski definition) is 5. The van der Waals surface area contributed by atoms with Gasteiger partial charge in [-0.2, -0.15) is 0 Å². The molecular formula is C23H20ClN5O2S. The topological polar surface area (TPSA) is 88.9 Å². The predicted octanol–water partition coefficient (Wildman–Crippen LogP) is 4.28. The maximum absolute atomic E-state index is 12.4. The van der Waals surface area contributed by atoms with E-state index in [1.54, 1.807) is 35.9 Å². The van der Waals surface area contributed by atoms with Crippen molar-refractivity contribution in [2.24, 2.45) is 7.05 Å². The Morgan fingerprint density at radius 1 is 1.00 bits per heavy atom. The maximum Gasteiger partial charge on any atom is 0.251 e. The van der Waals surface area contributed by atoms with Gasteiger partial charge in [0.15, 0.2) is 11.0 Å². The molecule has 0 unspecified atom stereocenters. The lowest BCUT2D eigenvalue weighted by atomic mass is 10.1. The number of anilines is 1. The number of nitrogens with one attached hydrogen (secondary N) is 2. The normalized spacial score (nSPS) is 10.8. The summed E-state index contributed by atoms with van der Waals surface area (Å²) in [5, 5.41) is 17.2. The molecular weight excluding hydrogens is 446 g/mol. The van der Waals surface area contributed by atoms with Crippen molar-refractivity contribution >= 4 is 51.6 Å². The first-order chi connectivity index (χ1) is 15.5. The number of nitrogens with zero attached hydrogens (tertiary/aromatic N) is 3. The fourth-order valence-electron chi connectivity index (χ4n) is 3.11. The molecule has 0 radical (unpaired) electrons. The third-order valence-corrected chi connectivity index (χ3v) is 6.04. The van der Waals surface area contributed by atoms with Crippen LogP contribution < -0.4 is 10.6 Å². The van der Waals surface area contributed by atoms with Crippen molar-refractivity contribution in [3.63, 3.8) is 0 Å². The van der Waals surface area contributed by atoms with Crippen molar-refractivity contribution in [3.05, 3.63) is 83.1 Å². The zero-order valence-electron chi connectivity index (χ0n) is 17.2. The van der Waals surface area contributed by atoms with Crippen LogP contribution in [0.5, 0.6) is 0 Å². The Morgan fingerprint density at radius 3 is 2.62 bits per heavy atom. The molecule has 1 aromatic heterocycles. The molecule has 1 heterocycles. The van der Waals surface area contributed by atoms with Gasteiger partial charge in [-0.3, -0.25) is 9.59 Å². The second-order valence-electron chi connectivity index (χ2n) is 7.05. The summed E-state index contributed by atoms with van der Waals surface area (Å²) < 4.78 is 1.76. The number of benzene rings is 3. The highest BCUT2D eigenvalue weighted by molar-refractivity contribution is 7.99. The van der Waals surface area contributed by atoms with Crippen LogP contribution in [0, 0.1) is 0 Å². The number of aromatic nitrogens is 3. The second-order valence-corrected chi connectivity index (χ2v) is 8.43. The molecule has 0 atom stereocenters. The predicted molar refractivity (Wildman–Crippen MR) is 127 cm³/mol. The van der Waals surface area contributed by atoms with E-state index in [0.29, 0.717) is 21.6 Å². The molecule has 0 bridgehead atoms. The van der Waals surface area contributed by atoms with Gasteiger partial charge >= 0.3 is 0 Å². The van der Waals surface area contributed by atoms with Gasteiger partial charge < -0.3 is 15.2 Å². The van der Waals surface area contributed by atoms with E-state index in [-0.39, 0.29) is 24.1 Å². The smallest absolute Gasteiger partial charge is 0.251 e. The van der Waals surface area contributed by atoms with Crippen molar-refractivity contribution in [1.82, 2.24) is 20.1 Å². The monoisotopic (exact) mass is 465 g/mol. The molecule has 9 heteroatoms. The lowest BCUT2D eigenvalue weighted by molar-refractivity contribution is -0.113. The summed E-state index contributed by atoms with van der Waals surface area (Å²) >= 11 is 7.21. The van der Waals surface area contributed by atoms with Crippen LogP contribution in [-0.4, -0.2) is 32.3 Å². The van der Waals surface area contributed by atoms with Crippen molar-refractivity contribution < 1.29 is 9.59 Å². The first-order valence-electron chi connectivity index (χ1n) is 9.83. The van der Waals surface area contributed by atoms with Crippen molar-refractivity contribution in [2.75, 3.05) is 11.1 Å². The van der Waals surface area contributed by atoms with E-state index in [9.17, 15) is 9.59 Å². The molecule has 0 saturated carbocycles. The molecule has 162 valence electrons. The molecule has 4 aromatic rings. The van der Waals surface area contributed by atoms with Gasteiger partial charge in [-0.25, -0.2) is 0 Å². The molecule has 0 saturated heterocycles. The third kappa shape index (κ3) is 5.27. The molecule has 4 rings (SSSR count). The Kier molecular flexibility index (Phi) is 6.72. The van der Waals surface area contributed by atoms with Crippen LogP contribution in [0.3, 0.4) is 0 Å². The molecule has 32 heavy (non-hydrogen) atoms. The fraction of sp³-hybridized carbons (Fsp3) is 0.130. The number of hydrogen-bond donors (Lipinski definition) is 2. The van der Waals surface area contributed by atoms with E-state index in [1.807, 2.05) is 42.5 Å². The van der Waals surface area contributed by atoms with Gasteiger partial charge in [0.1, 0.15) is 0 Å². The van der Waals surface area contributed by atoms with E-state index in [1.165, 1.54) is 11.8 Å². The first-order valence-corrected chi connectivity index (χ1v) is 11.2. The molecule has 0 aliphatic heterocycles. The van der Waals surface area contributed by atoms with Gasteiger partial charge in [0.05, 0.1) is 12.3 Å². The van der Waals surface area contributed by atoms with Crippen molar-refractivity contribution in [3.8, 4) is 0 Å². The van der Waals surface area contributed by atoms with Gasteiger partial charge in [0.2, 0.25) is 5.91 Å².